The molecule has 1 atom stereocenters. The zero-order valence-corrected chi connectivity index (χ0v) is 14.8. The van der Waals surface area contributed by atoms with Crippen LogP contribution in [0.4, 0.5) is 5.69 Å². The van der Waals surface area contributed by atoms with E-state index in [1.165, 1.54) is 22.0 Å². The van der Waals surface area contributed by atoms with Crippen molar-refractivity contribution < 1.29 is 4.74 Å². The standard InChI is InChI=1S/C23H21NO/c1-22(2)19-10-6-7-11-20(19)24(3)23(22)15-14-17-13-12-16-8-4-5-9-18(16)21(17)25-23/h4-15H,1-3H3. The third-order valence-electron chi connectivity index (χ3n) is 5.99. The van der Waals surface area contributed by atoms with Gasteiger partial charge in [-0.2, -0.15) is 0 Å². The smallest absolute Gasteiger partial charge is 0.211 e. The molecule has 25 heavy (non-hydrogen) atoms. The number of ether oxygens (including phenoxy) is 1. The van der Waals surface area contributed by atoms with Crippen LogP contribution in [0.2, 0.25) is 0 Å². The Hall–Kier alpha value is -2.74. The number of hydrogen-bond donors (Lipinski definition) is 0. The molecule has 0 fully saturated rings. The number of hydrogen-bond acceptors (Lipinski definition) is 2. The largest absolute Gasteiger partial charge is 0.462 e. The quantitative estimate of drug-likeness (QED) is 0.550. The number of para-hydroxylation sites is 1. The lowest BCUT2D eigenvalue weighted by atomic mass is 9.76. The lowest BCUT2D eigenvalue weighted by Gasteiger charge is -2.46. The zero-order chi connectivity index (χ0) is 17.2. The number of benzene rings is 3. The van der Waals surface area contributed by atoms with E-state index in [-0.39, 0.29) is 5.41 Å². The summed E-state index contributed by atoms with van der Waals surface area (Å²) in [5.41, 5.74) is 3.02. The molecule has 2 heteroatoms. The molecule has 124 valence electrons. The highest BCUT2D eigenvalue weighted by molar-refractivity contribution is 5.93. The van der Waals surface area contributed by atoms with Gasteiger partial charge in [-0.15, -0.1) is 0 Å². The summed E-state index contributed by atoms with van der Waals surface area (Å²) in [6.45, 7) is 4.55. The number of likely N-dealkylation sites (N-methyl/N-ethyl adjacent to an activating group) is 1. The first-order valence-electron chi connectivity index (χ1n) is 8.78. The first-order valence-corrected chi connectivity index (χ1v) is 8.78. The molecule has 2 nitrogen and oxygen atoms in total. The Bertz CT molecular complexity index is 1030. The monoisotopic (exact) mass is 327 g/mol. The Morgan fingerprint density at radius 1 is 0.880 bits per heavy atom. The molecule has 1 unspecified atom stereocenters. The van der Waals surface area contributed by atoms with E-state index in [9.17, 15) is 0 Å². The second kappa shape index (κ2) is 4.66. The lowest BCUT2D eigenvalue weighted by Crippen LogP contribution is -2.58. The summed E-state index contributed by atoms with van der Waals surface area (Å²) in [6, 6.07) is 21.4. The van der Waals surface area contributed by atoms with Crippen LogP contribution in [0, 0.1) is 0 Å². The van der Waals surface area contributed by atoms with Crippen molar-refractivity contribution in [3.63, 3.8) is 0 Å². The molecule has 0 radical (unpaired) electrons. The minimum Gasteiger partial charge on any atom is -0.462 e. The van der Waals surface area contributed by atoms with Crippen molar-refractivity contribution in [2.75, 3.05) is 11.9 Å². The number of rotatable bonds is 0. The van der Waals surface area contributed by atoms with Gasteiger partial charge in [-0.05, 0) is 43.0 Å². The van der Waals surface area contributed by atoms with Gasteiger partial charge in [0.2, 0.25) is 5.72 Å². The molecule has 3 aromatic rings. The Balaban J connectivity index is 1.75. The SMILES string of the molecule is CN1c2ccccc2C(C)(C)C12C=Cc1ccc3ccccc3c1O2. The molecule has 0 aromatic heterocycles. The highest BCUT2D eigenvalue weighted by atomic mass is 16.5. The van der Waals surface area contributed by atoms with Gasteiger partial charge in [-0.25, -0.2) is 0 Å². The first-order chi connectivity index (χ1) is 12.0. The van der Waals surface area contributed by atoms with Gasteiger partial charge >= 0.3 is 0 Å². The van der Waals surface area contributed by atoms with E-state index < -0.39 is 5.72 Å². The summed E-state index contributed by atoms with van der Waals surface area (Å²) in [7, 11) is 2.13. The average molecular weight is 327 g/mol. The number of anilines is 1. The topological polar surface area (TPSA) is 12.5 Å². The summed E-state index contributed by atoms with van der Waals surface area (Å²) in [5, 5.41) is 2.38. The summed E-state index contributed by atoms with van der Waals surface area (Å²) in [6.07, 6.45) is 4.44. The predicted octanol–water partition coefficient (Wildman–Crippen LogP) is 5.37. The van der Waals surface area contributed by atoms with E-state index in [1.807, 2.05) is 0 Å². The minimum atomic E-state index is -0.520. The van der Waals surface area contributed by atoms with Crippen LogP contribution in [0.5, 0.6) is 5.75 Å². The van der Waals surface area contributed by atoms with Gasteiger partial charge in [0.05, 0.1) is 5.41 Å². The van der Waals surface area contributed by atoms with E-state index in [0.717, 1.165) is 11.3 Å². The van der Waals surface area contributed by atoms with Crippen molar-refractivity contribution in [3.8, 4) is 5.75 Å². The predicted molar refractivity (Wildman–Crippen MR) is 104 cm³/mol. The molecule has 0 saturated carbocycles. The third kappa shape index (κ3) is 1.69. The lowest BCUT2D eigenvalue weighted by molar-refractivity contribution is 0.0598. The van der Waals surface area contributed by atoms with E-state index in [0.29, 0.717) is 0 Å². The molecule has 0 aliphatic carbocycles. The summed E-state index contributed by atoms with van der Waals surface area (Å²) in [5.74, 6) is 0.980. The zero-order valence-electron chi connectivity index (χ0n) is 14.8. The van der Waals surface area contributed by atoms with Crippen LogP contribution < -0.4 is 9.64 Å². The molecule has 2 aliphatic heterocycles. The third-order valence-corrected chi connectivity index (χ3v) is 5.99. The highest BCUT2D eigenvalue weighted by Crippen LogP contribution is 2.54. The van der Waals surface area contributed by atoms with Crippen molar-refractivity contribution in [2.45, 2.75) is 25.0 Å². The fourth-order valence-electron chi connectivity index (χ4n) is 4.50. The number of fused-ring (bicyclic) bond motifs is 4. The molecule has 5 rings (SSSR count). The van der Waals surface area contributed by atoms with Crippen molar-refractivity contribution in [2.24, 2.45) is 0 Å². The van der Waals surface area contributed by atoms with Crippen LogP contribution in [0.25, 0.3) is 16.8 Å². The Morgan fingerprint density at radius 3 is 2.48 bits per heavy atom. The summed E-state index contributed by atoms with van der Waals surface area (Å²) >= 11 is 0. The van der Waals surface area contributed by atoms with Gasteiger partial charge in [0.25, 0.3) is 0 Å². The fraction of sp³-hybridized carbons (Fsp3) is 0.217. The second-order valence-electron chi connectivity index (χ2n) is 7.54. The molecule has 2 aliphatic rings. The van der Waals surface area contributed by atoms with Gasteiger partial charge in [0.15, 0.2) is 0 Å². The van der Waals surface area contributed by atoms with Crippen LogP contribution in [0.15, 0.2) is 66.7 Å². The molecule has 0 amide bonds. The van der Waals surface area contributed by atoms with Crippen molar-refractivity contribution in [1.29, 1.82) is 0 Å². The van der Waals surface area contributed by atoms with Crippen LogP contribution in [-0.4, -0.2) is 12.8 Å². The summed E-state index contributed by atoms with van der Waals surface area (Å²) in [4.78, 5) is 2.28. The average Bonchev–Trinajstić information content (AvgIpc) is 2.81. The van der Waals surface area contributed by atoms with Gasteiger partial charge in [0, 0.05) is 23.7 Å². The minimum absolute atomic E-state index is 0.163. The fourth-order valence-corrected chi connectivity index (χ4v) is 4.50. The molecule has 0 bridgehead atoms. The number of nitrogens with zero attached hydrogens (tertiary/aromatic N) is 1. The molecular weight excluding hydrogens is 306 g/mol. The van der Waals surface area contributed by atoms with Crippen molar-refractivity contribution in [3.05, 3.63) is 77.9 Å². The van der Waals surface area contributed by atoms with Crippen molar-refractivity contribution >= 4 is 22.5 Å². The molecule has 0 N–H and O–H groups in total. The van der Waals surface area contributed by atoms with Crippen molar-refractivity contribution in [1.82, 2.24) is 0 Å². The van der Waals surface area contributed by atoms with E-state index in [4.69, 9.17) is 4.74 Å². The molecule has 3 aromatic carbocycles. The van der Waals surface area contributed by atoms with E-state index in [1.54, 1.807) is 0 Å². The Labute approximate surface area is 148 Å². The van der Waals surface area contributed by atoms with Gasteiger partial charge in [-0.3, -0.25) is 0 Å². The van der Waals surface area contributed by atoms with Crippen LogP contribution in [-0.2, 0) is 5.41 Å². The van der Waals surface area contributed by atoms with Gasteiger partial charge in [0.1, 0.15) is 5.75 Å². The Morgan fingerprint density at radius 2 is 1.64 bits per heavy atom. The van der Waals surface area contributed by atoms with E-state index in [2.05, 4.69) is 98.6 Å². The van der Waals surface area contributed by atoms with Crippen LogP contribution >= 0.6 is 0 Å². The highest BCUT2D eigenvalue weighted by Gasteiger charge is 2.57. The Kier molecular flexibility index (Phi) is 2.72. The molecular formula is C23H21NO. The van der Waals surface area contributed by atoms with Gasteiger partial charge < -0.3 is 9.64 Å². The molecule has 1 spiro atoms. The summed E-state index contributed by atoms with van der Waals surface area (Å²) < 4.78 is 6.84. The van der Waals surface area contributed by atoms with Gasteiger partial charge in [-0.1, -0.05) is 54.6 Å². The normalized spacial score (nSPS) is 22.8. The maximum absolute atomic E-state index is 6.84. The maximum Gasteiger partial charge on any atom is 0.211 e. The maximum atomic E-state index is 6.84. The van der Waals surface area contributed by atoms with Crippen LogP contribution in [0.3, 0.4) is 0 Å². The first kappa shape index (κ1) is 14.6. The molecule has 0 saturated heterocycles. The van der Waals surface area contributed by atoms with Crippen LogP contribution in [0.1, 0.15) is 25.0 Å². The van der Waals surface area contributed by atoms with E-state index >= 15 is 0 Å². The molecule has 2 heterocycles. The second-order valence-corrected chi connectivity index (χ2v) is 7.54.